The lowest BCUT2D eigenvalue weighted by atomic mass is 10.1. The average molecular weight is 344 g/mol. The van der Waals surface area contributed by atoms with Gasteiger partial charge in [-0.3, -0.25) is 0 Å². The molecule has 1 heterocycles. The normalized spacial score (nSPS) is 30.2. The van der Waals surface area contributed by atoms with Gasteiger partial charge in [-0.05, 0) is 37.0 Å². The number of halogens is 1. The smallest absolute Gasteiger partial charge is 0.150 e. The van der Waals surface area contributed by atoms with Crippen molar-refractivity contribution in [3.8, 4) is 0 Å². The highest BCUT2D eigenvalue weighted by molar-refractivity contribution is 9.10. The molecule has 1 saturated heterocycles. The van der Waals surface area contributed by atoms with Crippen LogP contribution in [-0.2, 0) is 9.84 Å². The van der Waals surface area contributed by atoms with Crippen molar-refractivity contribution in [2.24, 2.45) is 0 Å². The van der Waals surface area contributed by atoms with E-state index in [9.17, 15) is 8.42 Å². The molecule has 1 aliphatic carbocycles. The van der Waals surface area contributed by atoms with Crippen LogP contribution >= 0.6 is 15.9 Å². The van der Waals surface area contributed by atoms with Gasteiger partial charge in [-0.1, -0.05) is 28.1 Å². The summed E-state index contributed by atoms with van der Waals surface area (Å²) in [7, 11) is -2.75. The van der Waals surface area contributed by atoms with E-state index in [-0.39, 0.29) is 0 Å². The van der Waals surface area contributed by atoms with Crippen molar-refractivity contribution in [1.82, 2.24) is 5.32 Å². The van der Waals surface area contributed by atoms with Crippen molar-refractivity contribution in [3.05, 3.63) is 34.3 Å². The van der Waals surface area contributed by atoms with Crippen LogP contribution in [0.1, 0.15) is 30.7 Å². The highest BCUT2D eigenvalue weighted by Crippen LogP contribution is 2.41. The standard InChI is InChI=1S/C14H18BrNO2S/c15-11-3-1-10(2-4-11)13-9-14(13)16-12-5-7-19(17,18)8-6-12/h1-4,12-14,16H,5-9H2. The molecule has 19 heavy (non-hydrogen) atoms. The molecule has 0 spiro atoms. The van der Waals surface area contributed by atoms with Crippen LogP contribution in [0, 0.1) is 0 Å². The maximum Gasteiger partial charge on any atom is 0.150 e. The summed E-state index contributed by atoms with van der Waals surface area (Å²) in [5.41, 5.74) is 1.38. The van der Waals surface area contributed by atoms with Gasteiger partial charge < -0.3 is 5.32 Å². The molecule has 2 fully saturated rings. The largest absolute Gasteiger partial charge is 0.311 e. The predicted octanol–water partition coefficient (Wildman–Crippen LogP) is 2.47. The van der Waals surface area contributed by atoms with Crippen molar-refractivity contribution in [2.75, 3.05) is 11.5 Å². The molecule has 5 heteroatoms. The first-order valence-corrected chi connectivity index (χ1v) is 9.37. The van der Waals surface area contributed by atoms with Crippen LogP contribution < -0.4 is 5.32 Å². The summed E-state index contributed by atoms with van der Waals surface area (Å²) in [6.07, 6.45) is 2.71. The Morgan fingerprint density at radius 2 is 1.74 bits per heavy atom. The van der Waals surface area contributed by atoms with E-state index in [2.05, 4.69) is 45.5 Å². The molecule has 3 nitrogen and oxygen atoms in total. The third-order valence-corrected chi connectivity index (χ3v) is 6.34. The Morgan fingerprint density at radius 1 is 1.11 bits per heavy atom. The number of hydrogen-bond acceptors (Lipinski definition) is 3. The molecule has 1 aliphatic heterocycles. The molecule has 1 saturated carbocycles. The highest BCUT2D eigenvalue weighted by atomic mass is 79.9. The quantitative estimate of drug-likeness (QED) is 0.916. The minimum absolute atomic E-state index is 0.348. The zero-order chi connectivity index (χ0) is 13.5. The molecule has 0 radical (unpaired) electrons. The fourth-order valence-electron chi connectivity index (χ4n) is 2.82. The van der Waals surface area contributed by atoms with Crippen LogP contribution in [0.2, 0.25) is 0 Å². The van der Waals surface area contributed by atoms with Gasteiger partial charge in [0.25, 0.3) is 0 Å². The third-order valence-electron chi connectivity index (χ3n) is 4.09. The van der Waals surface area contributed by atoms with Crippen molar-refractivity contribution in [2.45, 2.75) is 37.3 Å². The molecule has 0 aromatic heterocycles. The summed E-state index contributed by atoms with van der Waals surface area (Å²) in [6, 6.07) is 9.42. The van der Waals surface area contributed by atoms with E-state index in [1.54, 1.807) is 0 Å². The second kappa shape index (κ2) is 5.19. The predicted molar refractivity (Wildman–Crippen MR) is 80.1 cm³/mol. The summed E-state index contributed by atoms with van der Waals surface area (Å²) >= 11 is 3.45. The fourth-order valence-corrected chi connectivity index (χ4v) is 4.57. The molecule has 2 atom stereocenters. The molecule has 3 rings (SSSR count). The summed E-state index contributed by atoms with van der Waals surface area (Å²) < 4.78 is 23.9. The third kappa shape index (κ3) is 3.38. The molecular formula is C14H18BrNO2S. The second-order valence-electron chi connectivity index (χ2n) is 5.59. The fraction of sp³-hybridized carbons (Fsp3) is 0.571. The Labute approximate surface area is 122 Å². The van der Waals surface area contributed by atoms with Crippen molar-refractivity contribution < 1.29 is 8.42 Å². The van der Waals surface area contributed by atoms with E-state index in [1.165, 1.54) is 12.0 Å². The van der Waals surface area contributed by atoms with Crippen LogP contribution in [0.25, 0.3) is 0 Å². The van der Waals surface area contributed by atoms with E-state index in [1.807, 2.05) is 0 Å². The van der Waals surface area contributed by atoms with Crippen LogP contribution in [0.4, 0.5) is 0 Å². The van der Waals surface area contributed by atoms with Crippen LogP contribution in [0.5, 0.6) is 0 Å². The Bertz CT molecular complexity index is 541. The van der Waals surface area contributed by atoms with Crippen molar-refractivity contribution >= 4 is 25.8 Å². The van der Waals surface area contributed by atoms with E-state index in [4.69, 9.17) is 0 Å². The van der Waals surface area contributed by atoms with E-state index >= 15 is 0 Å². The van der Waals surface area contributed by atoms with Crippen molar-refractivity contribution in [3.63, 3.8) is 0 Å². The number of hydrogen-bond donors (Lipinski definition) is 1. The molecule has 0 amide bonds. The molecule has 104 valence electrons. The van der Waals surface area contributed by atoms with Gasteiger partial charge >= 0.3 is 0 Å². The monoisotopic (exact) mass is 343 g/mol. The van der Waals surface area contributed by atoms with Gasteiger partial charge in [-0.25, -0.2) is 8.42 Å². The molecule has 1 aromatic rings. The molecule has 1 N–H and O–H groups in total. The van der Waals surface area contributed by atoms with Crippen molar-refractivity contribution in [1.29, 1.82) is 0 Å². The Kier molecular flexibility index (Phi) is 3.71. The summed E-state index contributed by atoms with van der Waals surface area (Å²) in [6.45, 7) is 0. The van der Waals surface area contributed by atoms with Crippen LogP contribution in [-0.4, -0.2) is 32.0 Å². The lowest BCUT2D eigenvalue weighted by Gasteiger charge is -2.23. The maximum atomic E-state index is 11.4. The minimum atomic E-state index is -2.75. The molecule has 2 unspecified atom stereocenters. The second-order valence-corrected chi connectivity index (χ2v) is 8.81. The van der Waals surface area contributed by atoms with Gasteiger partial charge in [-0.15, -0.1) is 0 Å². The number of rotatable bonds is 3. The highest BCUT2D eigenvalue weighted by Gasteiger charge is 2.40. The Morgan fingerprint density at radius 3 is 2.37 bits per heavy atom. The molecule has 0 bridgehead atoms. The Balaban J connectivity index is 1.52. The van der Waals surface area contributed by atoms with Gasteiger partial charge in [0.2, 0.25) is 0 Å². The SMILES string of the molecule is O=S1(=O)CCC(NC2CC2c2ccc(Br)cc2)CC1. The van der Waals surface area contributed by atoms with Crippen LogP contribution in [0.15, 0.2) is 28.7 Å². The van der Waals surface area contributed by atoms with E-state index < -0.39 is 9.84 Å². The van der Waals surface area contributed by atoms with Gasteiger partial charge in [0.1, 0.15) is 9.84 Å². The number of sulfone groups is 1. The number of benzene rings is 1. The summed E-state index contributed by atoms with van der Waals surface area (Å²) in [5, 5.41) is 3.62. The summed E-state index contributed by atoms with van der Waals surface area (Å²) in [5.74, 6) is 1.30. The first-order valence-electron chi connectivity index (χ1n) is 6.75. The average Bonchev–Trinajstić information content (AvgIpc) is 3.12. The van der Waals surface area contributed by atoms with Crippen LogP contribution in [0.3, 0.4) is 0 Å². The minimum Gasteiger partial charge on any atom is -0.311 e. The van der Waals surface area contributed by atoms with E-state index in [0.717, 1.165) is 17.3 Å². The summed E-state index contributed by atoms with van der Waals surface area (Å²) in [4.78, 5) is 0. The first kappa shape index (κ1) is 13.6. The maximum absolute atomic E-state index is 11.4. The van der Waals surface area contributed by atoms with Gasteiger partial charge in [-0.2, -0.15) is 0 Å². The van der Waals surface area contributed by atoms with Gasteiger partial charge in [0.05, 0.1) is 11.5 Å². The van der Waals surface area contributed by atoms with Gasteiger partial charge in [0.15, 0.2) is 0 Å². The molecule has 1 aromatic carbocycles. The number of nitrogens with one attached hydrogen (secondary N) is 1. The zero-order valence-corrected chi connectivity index (χ0v) is 13.1. The first-order chi connectivity index (χ1) is 9.03. The van der Waals surface area contributed by atoms with Gasteiger partial charge in [0, 0.05) is 22.5 Å². The topological polar surface area (TPSA) is 46.2 Å². The lowest BCUT2D eigenvalue weighted by molar-refractivity contribution is 0.457. The molecular weight excluding hydrogens is 326 g/mol. The molecule has 2 aliphatic rings. The zero-order valence-electron chi connectivity index (χ0n) is 10.7. The van der Waals surface area contributed by atoms with E-state index in [0.29, 0.717) is 29.5 Å². The Hall–Kier alpha value is -0.390. The lowest BCUT2D eigenvalue weighted by Crippen LogP contribution is -2.39.